The van der Waals surface area contributed by atoms with E-state index >= 15 is 0 Å². The van der Waals surface area contributed by atoms with E-state index in [1.807, 2.05) is 6.92 Å². The molecule has 19 heavy (non-hydrogen) atoms. The minimum atomic E-state index is -0.186. The lowest BCUT2D eigenvalue weighted by molar-refractivity contribution is 0.0169. The lowest BCUT2D eigenvalue weighted by Crippen LogP contribution is -2.35. The van der Waals surface area contributed by atoms with Crippen molar-refractivity contribution in [1.29, 1.82) is 0 Å². The fourth-order valence-electron chi connectivity index (χ4n) is 2.13. The number of carbonyl (C=O) groups is 1. The summed E-state index contributed by atoms with van der Waals surface area (Å²) in [5, 5.41) is 2.86. The molecule has 1 amide bonds. The van der Waals surface area contributed by atoms with Crippen LogP contribution in [0, 0.1) is 6.92 Å². The molecule has 1 saturated heterocycles. The molecular formula is C13H20N4O2. The highest BCUT2D eigenvalue weighted by molar-refractivity contribution is 5.99. The van der Waals surface area contributed by atoms with Gasteiger partial charge in [-0.25, -0.2) is 0 Å². The van der Waals surface area contributed by atoms with Crippen molar-refractivity contribution in [3.63, 3.8) is 0 Å². The zero-order valence-electron chi connectivity index (χ0n) is 11.1. The number of amides is 1. The van der Waals surface area contributed by atoms with Crippen LogP contribution in [-0.4, -0.2) is 30.1 Å². The molecule has 104 valence electrons. The van der Waals surface area contributed by atoms with Crippen molar-refractivity contribution in [3.05, 3.63) is 23.5 Å². The number of carbonyl (C=O) groups excluding carboxylic acids is 1. The molecule has 0 saturated carbocycles. The average Bonchev–Trinajstić information content (AvgIpc) is 2.45. The molecule has 2 heterocycles. The summed E-state index contributed by atoms with van der Waals surface area (Å²) in [4.78, 5) is 16.2. The highest BCUT2D eigenvalue weighted by Crippen LogP contribution is 2.15. The molecule has 1 fully saturated rings. The molecule has 0 aromatic carbocycles. The fraction of sp³-hybridized carbons (Fsp3) is 0.538. The number of nitrogen functional groups attached to an aromatic ring is 1. The summed E-state index contributed by atoms with van der Waals surface area (Å²) < 4.78 is 5.57. The normalized spacial score (nSPS) is 18.9. The number of nitrogens with zero attached hydrogens (tertiary/aromatic N) is 1. The van der Waals surface area contributed by atoms with Crippen LogP contribution >= 0.6 is 0 Å². The number of pyridine rings is 1. The Balaban J connectivity index is 1.95. The molecule has 1 aliphatic rings. The smallest absolute Gasteiger partial charge is 0.255 e. The third-order valence-electron chi connectivity index (χ3n) is 3.21. The Morgan fingerprint density at radius 2 is 2.42 bits per heavy atom. The molecule has 0 spiro atoms. The number of nitrogens with one attached hydrogen (secondary N) is 2. The number of aryl methyl sites for hydroxylation is 1. The van der Waals surface area contributed by atoms with Gasteiger partial charge in [0.25, 0.3) is 5.91 Å². The van der Waals surface area contributed by atoms with Crippen molar-refractivity contribution in [2.45, 2.75) is 32.3 Å². The number of hydrazine groups is 1. The lowest BCUT2D eigenvalue weighted by atomic mass is 10.1. The van der Waals surface area contributed by atoms with Crippen LogP contribution in [0.1, 0.15) is 35.3 Å². The number of rotatable bonds is 4. The second kappa shape index (κ2) is 6.49. The van der Waals surface area contributed by atoms with Crippen molar-refractivity contribution in [2.75, 3.05) is 18.6 Å². The van der Waals surface area contributed by atoms with Gasteiger partial charge in [0, 0.05) is 25.0 Å². The maximum atomic E-state index is 12.1. The largest absolute Gasteiger partial charge is 0.376 e. The first-order valence-corrected chi connectivity index (χ1v) is 6.54. The van der Waals surface area contributed by atoms with Crippen molar-refractivity contribution >= 4 is 11.6 Å². The zero-order chi connectivity index (χ0) is 13.7. The molecule has 1 unspecified atom stereocenters. The van der Waals surface area contributed by atoms with Crippen LogP contribution in [0.5, 0.6) is 0 Å². The molecule has 0 bridgehead atoms. The lowest BCUT2D eigenvalue weighted by Gasteiger charge is -2.22. The molecular weight excluding hydrogens is 244 g/mol. The van der Waals surface area contributed by atoms with Crippen LogP contribution < -0.4 is 16.6 Å². The quantitative estimate of drug-likeness (QED) is 0.557. The molecule has 1 atom stereocenters. The minimum Gasteiger partial charge on any atom is -0.376 e. The van der Waals surface area contributed by atoms with Gasteiger partial charge in [-0.1, -0.05) is 0 Å². The van der Waals surface area contributed by atoms with Gasteiger partial charge in [0.1, 0.15) is 0 Å². The summed E-state index contributed by atoms with van der Waals surface area (Å²) >= 11 is 0. The van der Waals surface area contributed by atoms with Crippen LogP contribution in [0.4, 0.5) is 5.69 Å². The van der Waals surface area contributed by atoms with Gasteiger partial charge < -0.3 is 15.5 Å². The van der Waals surface area contributed by atoms with Gasteiger partial charge in [-0.2, -0.15) is 0 Å². The predicted molar refractivity (Wildman–Crippen MR) is 72.7 cm³/mol. The summed E-state index contributed by atoms with van der Waals surface area (Å²) in [7, 11) is 0. The van der Waals surface area contributed by atoms with Gasteiger partial charge >= 0.3 is 0 Å². The molecule has 2 rings (SSSR count). The Labute approximate surface area is 112 Å². The van der Waals surface area contributed by atoms with E-state index < -0.39 is 0 Å². The zero-order valence-corrected chi connectivity index (χ0v) is 11.1. The first-order chi connectivity index (χ1) is 9.20. The Morgan fingerprint density at radius 1 is 1.58 bits per heavy atom. The molecule has 0 aliphatic carbocycles. The minimum absolute atomic E-state index is 0.116. The number of anilines is 1. The summed E-state index contributed by atoms with van der Waals surface area (Å²) in [6.07, 6.45) is 4.90. The molecule has 4 N–H and O–H groups in total. The first-order valence-electron chi connectivity index (χ1n) is 6.54. The third kappa shape index (κ3) is 3.65. The maximum absolute atomic E-state index is 12.1. The van der Waals surface area contributed by atoms with Crippen molar-refractivity contribution < 1.29 is 9.53 Å². The Morgan fingerprint density at radius 3 is 3.11 bits per heavy atom. The molecule has 1 aliphatic heterocycles. The van der Waals surface area contributed by atoms with Crippen molar-refractivity contribution in [3.8, 4) is 0 Å². The van der Waals surface area contributed by atoms with Gasteiger partial charge in [0.15, 0.2) is 0 Å². The monoisotopic (exact) mass is 264 g/mol. The molecule has 1 aromatic heterocycles. The van der Waals surface area contributed by atoms with Gasteiger partial charge in [0.05, 0.1) is 17.4 Å². The van der Waals surface area contributed by atoms with E-state index in [9.17, 15) is 4.79 Å². The van der Waals surface area contributed by atoms with E-state index in [-0.39, 0.29) is 12.0 Å². The standard InChI is InChI=1S/C13H20N4O2/c1-9-6-12(17-14)11(8-15-9)13(18)16-7-10-4-2-3-5-19-10/h6,8,10H,2-5,7,14H2,1H3,(H,15,17)(H,16,18). The van der Waals surface area contributed by atoms with Gasteiger partial charge in [0.2, 0.25) is 0 Å². The number of hydrogen-bond acceptors (Lipinski definition) is 5. The van der Waals surface area contributed by atoms with Crippen molar-refractivity contribution in [2.24, 2.45) is 5.84 Å². The van der Waals surface area contributed by atoms with E-state index in [4.69, 9.17) is 10.6 Å². The molecule has 1 aromatic rings. The van der Waals surface area contributed by atoms with E-state index in [0.29, 0.717) is 17.8 Å². The van der Waals surface area contributed by atoms with Crippen LogP contribution in [0.3, 0.4) is 0 Å². The van der Waals surface area contributed by atoms with Crippen LogP contribution in [0.15, 0.2) is 12.3 Å². The summed E-state index contributed by atoms with van der Waals surface area (Å²) in [6, 6.07) is 1.74. The van der Waals surface area contributed by atoms with E-state index in [1.165, 1.54) is 6.20 Å². The fourth-order valence-corrected chi connectivity index (χ4v) is 2.13. The highest BCUT2D eigenvalue weighted by Gasteiger charge is 2.17. The molecule has 6 heteroatoms. The second-order valence-electron chi connectivity index (χ2n) is 4.71. The summed E-state index contributed by atoms with van der Waals surface area (Å²) in [6.45, 7) is 3.15. The Kier molecular flexibility index (Phi) is 4.70. The van der Waals surface area contributed by atoms with E-state index in [2.05, 4.69) is 15.7 Å². The first kappa shape index (κ1) is 13.8. The average molecular weight is 264 g/mol. The number of aromatic nitrogens is 1. The van der Waals surface area contributed by atoms with Gasteiger partial charge in [-0.05, 0) is 32.3 Å². The highest BCUT2D eigenvalue weighted by atomic mass is 16.5. The van der Waals surface area contributed by atoms with Crippen molar-refractivity contribution in [1.82, 2.24) is 10.3 Å². The number of nitrogens with two attached hydrogens (primary N) is 1. The second-order valence-corrected chi connectivity index (χ2v) is 4.71. The maximum Gasteiger partial charge on any atom is 0.255 e. The van der Waals surface area contributed by atoms with E-state index in [1.54, 1.807) is 6.07 Å². The number of ether oxygens (including phenoxy) is 1. The topological polar surface area (TPSA) is 89.3 Å². The molecule has 6 nitrogen and oxygen atoms in total. The Hall–Kier alpha value is -1.66. The van der Waals surface area contributed by atoms with Crippen LogP contribution in [-0.2, 0) is 4.74 Å². The van der Waals surface area contributed by atoms with Gasteiger partial charge in [-0.15, -0.1) is 0 Å². The van der Waals surface area contributed by atoms with Gasteiger partial charge in [-0.3, -0.25) is 15.6 Å². The van der Waals surface area contributed by atoms with E-state index in [0.717, 1.165) is 31.6 Å². The third-order valence-corrected chi connectivity index (χ3v) is 3.21. The summed E-state index contributed by atoms with van der Waals surface area (Å²) in [5.74, 6) is 5.23. The summed E-state index contributed by atoms with van der Waals surface area (Å²) in [5.41, 5.74) is 4.36. The van der Waals surface area contributed by atoms with Crippen LogP contribution in [0.25, 0.3) is 0 Å². The van der Waals surface area contributed by atoms with Crippen LogP contribution in [0.2, 0.25) is 0 Å². The number of hydrogen-bond donors (Lipinski definition) is 3. The molecule has 0 radical (unpaired) electrons. The SMILES string of the molecule is Cc1cc(NN)c(C(=O)NCC2CCCCO2)cn1. The predicted octanol–water partition coefficient (Wildman–Crippen LogP) is 0.975. The Bertz CT molecular complexity index is 444.